The maximum absolute atomic E-state index is 13.8. The van der Waals surface area contributed by atoms with Gasteiger partial charge in [-0.1, -0.05) is 13.0 Å². The summed E-state index contributed by atoms with van der Waals surface area (Å²) in [5, 5.41) is 11.1. The molecule has 1 aromatic carbocycles. The third-order valence-electron chi connectivity index (χ3n) is 2.69. The Morgan fingerprint density at radius 3 is 2.89 bits per heavy atom. The maximum atomic E-state index is 13.8. The van der Waals surface area contributed by atoms with Gasteiger partial charge in [-0.2, -0.15) is 0 Å². The molecule has 1 N–H and O–H groups in total. The third-order valence-corrected chi connectivity index (χ3v) is 3.35. The van der Waals surface area contributed by atoms with Gasteiger partial charge in [0, 0.05) is 4.47 Å². The van der Waals surface area contributed by atoms with Gasteiger partial charge < -0.3 is 9.73 Å². The van der Waals surface area contributed by atoms with Crippen molar-refractivity contribution < 1.29 is 8.81 Å². The SMILES string of the molecule is CCCNC(C)c1nnc(-c2c(F)cccc2Br)o1. The number of benzene rings is 1. The van der Waals surface area contributed by atoms with Gasteiger partial charge in [0.25, 0.3) is 5.89 Å². The number of nitrogens with zero attached hydrogens (tertiary/aromatic N) is 2. The fourth-order valence-electron chi connectivity index (χ4n) is 1.66. The summed E-state index contributed by atoms with van der Waals surface area (Å²) in [4.78, 5) is 0. The van der Waals surface area contributed by atoms with Crippen molar-refractivity contribution in [2.24, 2.45) is 0 Å². The van der Waals surface area contributed by atoms with E-state index in [0.29, 0.717) is 15.9 Å². The molecule has 102 valence electrons. The van der Waals surface area contributed by atoms with E-state index in [4.69, 9.17) is 4.42 Å². The number of nitrogens with one attached hydrogen (secondary N) is 1. The predicted molar refractivity (Wildman–Crippen MR) is 74.1 cm³/mol. The molecule has 0 saturated heterocycles. The average Bonchev–Trinajstić information content (AvgIpc) is 2.85. The maximum Gasteiger partial charge on any atom is 0.251 e. The van der Waals surface area contributed by atoms with Gasteiger partial charge in [-0.25, -0.2) is 4.39 Å². The molecule has 0 amide bonds. The topological polar surface area (TPSA) is 51.0 Å². The molecular weight excluding hydrogens is 313 g/mol. The summed E-state index contributed by atoms with van der Waals surface area (Å²) in [6.07, 6.45) is 1.02. The van der Waals surface area contributed by atoms with Gasteiger partial charge in [-0.05, 0) is 48.0 Å². The quantitative estimate of drug-likeness (QED) is 0.909. The second-order valence-corrected chi connectivity index (χ2v) is 5.07. The summed E-state index contributed by atoms with van der Waals surface area (Å²) >= 11 is 3.29. The summed E-state index contributed by atoms with van der Waals surface area (Å²) in [7, 11) is 0. The molecule has 1 atom stereocenters. The minimum atomic E-state index is -0.390. The summed E-state index contributed by atoms with van der Waals surface area (Å²) in [6.45, 7) is 4.88. The van der Waals surface area contributed by atoms with Gasteiger partial charge in [0.15, 0.2) is 0 Å². The van der Waals surface area contributed by atoms with Crippen LogP contribution in [-0.2, 0) is 0 Å². The Labute approximate surface area is 119 Å². The van der Waals surface area contributed by atoms with Gasteiger partial charge in [0.2, 0.25) is 5.89 Å². The summed E-state index contributed by atoms with van der Waals surface area (Å²) in [6, 6.07) is 4.67. The molecule has 0 aliphatic rings. The average molecular weight is 328 g/mol. The highest BCUT2D eigenvalue weighted by Gasteiger charge is 2.18. The summed E-state index contributed by atoms with van der Waals surface area (Å²) < 4.78 is 19.9. The van der Waals surface area contributed by atoms with Crippen LogP contribution < -0.4 is 5.32 Å². The molecule has 0 aliphatic heterocycles. The van der Waals surface area contributed by atoms with Crippen LogP contribution in [0, 0.1) is 5.82 Å². The standard InChI is InChI=1S/C13H15BrFN3O/c1-3-7-16-8(2)12-17-18-13(19-12)11-9(14)5-4-6-10(11)15/h4-6,8,16H,3,7H2,1-2H3. The van der Waals surface area contributed by atoms with E-state index in [9.17, 15) is 4.39 Å². The van der Waals surface area contributed by atoms with E-state index >= 15 is 0 Å². The Morgan fingerprint density at radius 1 is 1.42 bits per heavy atom. The summed E-state index contributed by atoms with van der Waals surface area (Å²) in [5.74, 6) is 0.252. The molecular formula is C13H15BrFN3O. The van der Waals surface area contributed by atoms with Crippen LogP contribution in [0.1, 0.15) is 32.2 Å². The molecule has 2 rings (SSSR count). The fraction of sp³-hybridized carbons (Fsp3) is 0.385. The van der Waals surface area contributed by atoms with Crippen LogP contribution in [0.4, 0.5) is 4.39 Å². The third kappa shape index (κ3) is 3.19. The lowest BCUT2D eigenvalue weighted by Crippen LogP contribution is -2.19. The van der Waals surface area contributed by atoms with Crippen molar-refractivity contribution in [2.75, 3.05) is 6.54 Å². The van der Waals surface area contributed by atoms with E-state index in [0.717, 1.165) is 13.0 Å². The normalized spacial score (nSPS) is 12.6. The zero-order chi connectivity index (χ0) is 13.8. The molecule has 6 heteroatoms. The molecule has 0 bridgehead atoms. The van der Waals surface area contributed by atoms with Gasteiger partial charge in [0.1, 0.15) is 5.82 Å². The van der Waals surface area contributed by atoms with E-state index in [-0.39, 0.29) is 11.9 Å². The van der Waals surface area contributed by atoms with E-state index in [1.54, 1.807) is 12.1 Å². The first-order valence-electron chi connectivity index (χ1n) is 6.14. The minimum Gasteiger partial charge on any atom is -0.419 e. The lowest BCUT2D eigenvalue weighted by Gasteiger charge is -2.07. The Balaban J connectivity index is 2.26. The number of aromatic nitrogens is 2. The second kappa shape index (κ2) is 6.25. The highest BCUT2D eigenvalue weighted by atomic mass is 79.9. The molecule has 4 nitrogen and oxygen atoms in total. The van der Waals surface area contributed by atoms with Crippen molar-refractivity contribution >= 4 is 15.9 Å². The Kier molecular flexibility index (Phi) is 4.66. The molecule has 1 heterocycles. The van der Waals surface area contributed by atoms with Crippen LogP contribution in [0.2, 0.25) is 0 Å². The molecule has 0 radical (unpaired) electrons. The lowest BCUT2D eigenvalue weighted by atomic mass is 10.2. The van der Waals surface area contributed by atoms with E-state index in [1.807, 2.05) is 6.92 Å². The van der Waals surface area contributed by atoms with E-state index in [1.165, 1.54) is 6.07 Å². The first-order chi connectivity index (χ1) is 9.13. The number of rotatable bonds is 5. The van der Waals surface area contributed by atoms with Crippen LogP contribution in [0.15, 0.2) is 27.1 Å². The van der Waals surface area contributed by atoms with Crippen molar-refractivity contribution in [3.05, 3.63) is 34.4 Å². The monoisotopic (exact) mass is 327 g/mol. The van der Waals surface area contributed by atoms with Crippen LogP contribution in [0.5, 0.6) is 0 Å². The molecule has 19 heavy (non-hydrogen) atoms. The zero-order valence-electron chi connectivity index (χ0n) is 10.8. The molecule has 0 fully saturated rings. The number of hydrogen-bond donors (Lipinski definition) is 1. The first kappa shape index (κ1) is 14.1. The van der Waals surface area contributed by atoms with Crippen molar-refractivity contribution in [2.45, 2.75) is 26.3 Å². The molecule has 1 aromatic heterocycles. The molecule has 0 aliphatic carbocycles. The molecule has 2 aromatic rings. The van der Waals surface area contributed by atoms with Crippen molar-refractivity contribution in [3.63, 3.8) is 0 Å². The fourth-order valence-corrected chi connectivity index (χ4v) is 2.17. The van der Waals surface area contributed by atoms with Gasteiger partial charge in [0.05, 0.1) is 11.6 Å². The van der Waals surface area contributed by atoms with Gasteiger partial charge in [-0.15, -0.1) is 10.2 Å². The predicted octanol–water partition coefficient (Wildman–Crippen LogP) is 3.70. The van der Waals surface area contributed by atoms with E-state index < -0.39 is 5.82 Å². The highest BCUT2D eigenvalue weighted by Crippen LogP contribution is 2.30. The Hall–Kier alpha value is -1.27. The minimum absolute atomic E-state index is 0.0493. The second-order valence-electron chi connectivity index (χ2n) is 4.22. The summed E-state index contributed by atoms with van der Waals surface area (Å²) in [5.41, 5.74) is 0.295. The van der Waals surface area contributed by atoms with Crippen LogP contribution >= 0.6 is 15.9 Å². The zero-order valence-corrected chi connectivity index (χ0v) is 12.4. The van der Waals surface area contributed by atoms with Gasteiger partial charge >= 0.3 is 0 Å². The number of halogens is 2. The first-order valence-corrected chi connectivity index (χ1v) is 6.94. The van der Waals surface area contributed by atoms with E-state index in [2.05, 4.69) is 38.4 Å². The van der Waals surface area contributed by atoms with Crippen LogP contribution in [0.3, 0.4) is 0 Å². The largest absolute Gasteiger partial charge is 0.419 e. The molecule has 0 spiro atoms. The smallest absolute Gasteiger partial charge is 0.251 e. The Morgan fingerprint density at radius 2 is 2.21 bits per heavy atom. The molecule has 0 saturated carbocycles. The van der Waals surface area contributed by atoms with Crippen molar-refractivity contribution in [3.8, 4) is 11.5 Å². The highest BCUT2D eigenvalue weighted by molar-refractivity contribution is 9.10. The van der Waals surface area contributed by atoms with Crippen molar-refractivity contribution in [1.82, 2.24) is 15.5 Å². The van der Waals surface area contributed by atoms with Crippen molar-refractivity contribution in [1.29, 1.82) is 0 Å². The lowest BCUT2D eigenvalue weighted by molar-refractivity contribution is 0.422. The Bertz CT molecular complexity index is 538. The molecule has 1 unspecified atom stereocenters. The van der Waals surface area contributed by atoms with Gasteiger partial charge in [-0.3, -0.25) is 0 Å². The van der Waals surface area contributed by atoms with Crippen LogP contribution in [-0.4, -0.2) is 16.7 Å². The van der Waals surface area contributed by atoms with Crippen LogP contribution in [0.25, 0.3) is 11.5 Å². The number of hydrogen-bond acceptors (Lipinski definition) is 4.